The Morgan fingerprint density at radius 1 is 1.44 bits per heavy atom. The fourth-order valence-electron chi connectivity index (χ4n) is 1.61. The molecule has 2 rings (SSSR count). The van der Waals surface area contributed by atoms with Crippen molar-refractivity contribution in [3.63, 3.8) is 0 Å². The van der Waals surface area contributed by atoms with Crippen molar-refractivity contribution in [3.05, 3.63) is 12.4 Å². The molecule has 0 aliphatic carbocycles. The molecule has 1 aliphatic heterocycles. The summed E-state index contributed by atoms with van der Waals surface area (Å²) in [5.74, 6) is 1.30. The summed E-state index contributed by atoms with van der Waals surface area (Å²) in [4.78, 5) is 8.18. The molecule has 2 heterocycles. The van der Waals surface area contributed by atoms with Crippen LogP contribution in [0.15, 0.2) is 12.4 Å². The van der Waals surface area contributed by atoms with Crippen molar-refractivity contribution in [1.82, 2.24) is 9.97 Å². The van der Waals surface area contributed by atoms with Crippen LogP contribution in [0.3, 0.4) is 0 Å². The smallest absolute Gasteiger partial charge is 0.218 e. The maximum absolute atomic E-state index is 5.53. The SMILES string of the molecule is CC(C)Oc1cc(NCC2COCCO2)ncn1. The summed E-state index contributed by atoms with van der Waals surface area (Å²) in [6.07, 6.45) is 1.66. The number of anilines is 1. The predicted molar refractivity (Wildman–Crippen MR) is 66.8 cm³/mol. The molecule has 6 heteroatoms. The molecule has 1 aromatic heterocycles. The quantitative estimate of drug-likeness (QED) is 0.847. The first kappa shape index (κ1) is 13.0. The molecule has 0 bridgehead atoms. The Morgan fingerprint density at radius 3 is 3.06 bits per heavy atom. The topological polar surface area (TPSA) is 65.5 Å². The Bertz CT molecular complexity index is 367. The highest BCUT2D eigenvalue weighted by molar-refractivity contribution is 5.37. The fraction of sp³-hybridized carbons (Fsp3) is 0.667. The zero-order valence-corrected chi connectivity index (χ0v) is 10.8. The maximum atomic E-state index is 5.53. The molecule has 1 aliphatic rings. The van der Waals surface area contributed by atoms with Crippen LogP contribution >= 0.6 is 0 Å². The van der Waals surface area contributed by atoms with Crippen molar-refractivity contribution in [2.24, 2.45) is 0 Å². The van der Waals surface area contributed by atoms with Crippen LogP contribution in [-0.4, -0.2) is 48.5 Å². The summed E-state index contributed by atoms with van der Waals surface area (Å²) in [5.41, 5.74) is 0. The van der Waals surface area contributed by atoms with Crippen LogP contribution in [-0.2, 0) is 9.47 Å². The molecular formula is C12H19N3O3. The number of aromatic nitrogens is 2. The molecule has 1 unspecified atom stereocenters. The number of hydrogen-bond donors (Lipinski definition) is 1. The minimum atomic E-state index is 0.0724. The minimum Gasteiger partial charge on any atom is -0.475 e. The number of ether oxygens (including phenoxy) is 3. The van der Waals surface area contributed by atoms with E-state index >= 15 is 0 Å². The van der Waals surface area contributed by atoms with Gasteiger partial charge in [-0.3, -0.25) is 0 Å². The van der Waals surface area contributed by atoms with Gasteiger partial charge in [-0.1, -0.05) is 0 Å². The van der Waals surface area contributed by atoms with E-state index in [0.29, 0.717) is 32.2 Å². The van der Waals surface area contributed by atoms with Crippen molar-refractivity contribution in [2.45, 2.75) is 26.1 Å². The zero-order valence-electron chi connectivity index (χ0n) is 10.8. The normalized spacial score (nSPS) is 19.8. The van der Waals surface area contributed by atoms with Crippen LogP contribution in [0.2, 0.25) is 0 Å². The third kappa shape index (κ3) is 4.12. The van der Waals surface area contributed by atoms with Gasteiger partial charge in [-0.25, -0.2) is 9.97 Å². The first-order valence-electron chi connectivity index (χ1n) is 6.16. The van der Waals surface area contributed by atoms with Crippen molar-refractivity contribution >= 4 is 5.82 Å². The van der Waals surface area contributed by atoms with Gasteiger partial charge in [0.1, 0.15) is 12.1 Å². The molecule has 1 saturated heterocycles. The van der Waals surface area contributed by atoms with E-state index < -0.39 is 0 Å². The third-order valence-corrected chi connectivity index (χ3v) is 2.39. The predicted octanol–water partition coefficient (Wildman–Crippen LogP) is 1.09. The summed E-state index contributed by atoms with van der Waals surface area (Å²) in [7, 11) is 0. The summed E-state index contributed by atoms with van der Waals surface area (Å²) in [6.45, 7) is 6.53. The van der Waals surface area contributed by atoms with Gasteiger partial charge in [0.2, 0.25) is 5.88 Å². The molecule has 0 radical (unpaired) electrons. The van der Waals surface area contributed by atoms with Crippen molar-refractivity contribution < 1.29 is 14.2 Å². The Balaban J connectivity index is 1.84. The Labute approximate surface area is 107 Å². The van der Waals surface area contributed by atoms with Crippen LogP contribution < -0.4 is 10.1 Å². The summed E-state index contributed by atoms with van der Waals surface area (Å²) >= 11 is 0. The molecule has 0 aromatic carbocycles. The molecule has 1 fully saturated rings. The highest BCUT2D eigenvalue weighted by Crippen LogP contribution is 2.13. The van der Waals surface area contributed by atoms with Gasteiger partial charge in [-0.05, 0) is 13.8 Å². The highest BCUT2D eigenvalue weighted by Gasteiger charge is 2.14. The summed E-state index contributed by atoms with van der Waals surface area (Å²) < 4.78 is 16.4. The van der Waals surface area contributed by atoms with E-state index in [1.54, 1.807) is 6.07 Å². The summed E-state index contributed by atoms with van der Waals surface area (Å²) in [5, 5.41) is 3.19. The van der Waals surface area contributed by atoms with Gasteiger partial charge >= 0.3 is 0 Å². The second kappa shape index (κ2) is 6.51. The summed E-state index contributed by atoms with van der Waals surface area (Å²) in [6, 6.07) is 1.78. The van der Waals surface area contributed by atoms with E-state index in [9.17, 15) is 0 Å². The lowest BCUT2D eigenvalue weighted by Gasteiger charge is -2.23. The molecule has 0 amide bonds. The monoisotopic (exact) mass is 253 g/mol. The van der Waals surface area contributed by atoms with Crippen LogP contribution in [0, 0.1) is 0 Å². The Morgan fingerprint density at radius 2 is 2.33 bits per heavy atom. The Kier molecular flexibility index (Phi) is 4.72. The lowest BCUT2D eigenvalue weighted by molar-refractivity contribution is -0.0819. The maximum Gasteiger partial charge on any atom is 0.218 e. The van der Waals surface area contributed by atoms with Crippen LogP contribution in [0.1, 0.15) is 13.8 Å². The average Bonchev–Trinajstić information content (AvgIpc) is 2.37. The van der Waals surface area contributed by atoms with Gasteiger partial charge < -0.3 is 19.5 Å². The number of nitrogens with one attached hydrogen (secondary N) is 1. The van der Waals surface area contributed by atoms with Crippen LogP contribution in [0.4, 0.5) is 5.82 Å². The van der Waals surface area contributed by atoms with Gasteiger partial charge in [-0.2, -0.15) is 0 Å². The largest absolute Gasteiger partial charge is 0.475 e. The molecule has 0 saturated carbocycles. The lowest BCUT2D eigenvalue weighted by Crippen LogP contribution is -2.34. The Hall–Kier alpha value is -1.40. The van der Waals surface area contributed by atoms with Gasteiger partial charge in [0.15, 0.2) is 0 Å². The molecule has 100 valence electrons. The van der Waals surface area contributed by atoms with Crippen LogP contribution in [0.5, 0.6) is 5.88 Å². The third-order valence-electron chi connectivity index (χ3n) is 2.39. The standard InChI is InChI=1S/C12H19N3O3/c1-9(2)18-12-5-11(14-8-15-12)13-6-10-7-16-3-4-17-10/h5,8-10H,3-4,6-7H2,1-2H3,(H,13,14,15). The first-order chi connectivity index (χ1) is 8.74. The van der Waals surface area contributed by atoms with E-state index in [1.165, 1.54) is 6.33 Å². The van der Waals surface area contributed by atoms with Gasteiger partial charge in [0.05, 0.1) is 32.0 Å². The first-order valence-corrected chi connectivity index (χ1v) is 6.16. The van der Waals surface area contributed by atoms with Gasteiger partial charge in [-0.15, -0.1) is 0 Å². The van der Waals surface area contributed by atoms with E-state index in [0.717, 1.165) is 5.82 Å². The highest BCUT2D eigenvalue weighted by atomic mass is 16.6. The van der Waals surface area contributed by atoms with Crippen molar-refractivity contribution in [3.8, 4) is 5.88 Å². The van der Waals surface area contributed by atoms with Gasteiger partial charge in [0, 0.05) is 12.6 Å². The second-order valence-electron chi connectivity index (χ2n) is 4.36. The number of hydrogen-bond acceptors (Lipinski definition) is 6. The lowest BCUT2D eigenvalue weighted by atomic mass is 10.3. The number of nitrogens with zero attached hydrogens (tertiary/aromatic N) is 2. The molecule has 1 N–H and O–H groups in total. The molecular weight excluding hydrogens is 234 g/mol. The minimum absolute atomic E-state index is 0.0724. The molecule has 1 aromatic rings. The molecule has 0 spiro atoms. The van der Waals surface area contributed by atoms with E-state index in [1.807, 2.05) is 13.8 Å². The zero-order chi connectivity index (χ0) is 12.8. The van der Waals surface area contributed by atoms with Crippen LogP contribution in [0.25, 0.3) is 0 Å². The molecule has 6 nitrogen and oxygen atoms in total. The van der Waals surface area contributed by atoms with Crippen molar-refractivity contribution in [2.75, 3.05) is 31.7 Å². The van der Waals surface area contributed by atoms with E-state index in [-0.39, 0.29) is 12.2 Å². The van der Waals surface area contributed by atoms with Gasteiger partial charge in [0.25, 0.3) is 0 Å². The van der Waals surface area contributed by atoms with E-state index in [4.69, 9.17) is 14.2 Å². The number of rotatable bonds is 5. The molecule has 1 atom stereocenters. The fourth-order valence-corrected chi connectivity index (χ4v) is 1.61. The van der Waals surface area contributed by atoms with E-state index in [2.05, 4.69) is 15.3 Å². The molecule has 18 heavy (non-hydrogen) atoms. The average molecular weight is 253 g/mol. The second-order valence-corrected chi connectivity index (χ2v) is 4.36. The van der Waals surface area contributed by atoms with Crippen molar-refractivity contribution in [1.29, 1.82) is 0 Å².